The second kappa shape index (κ2) is 7.37. The van der Waals surface area contributed by atoms with Gasteiger partial charge in [-0.25, -0.2) is 0 Å². The van der Waals surface area contributed by atoms with Gasteiger partial charge >= 0.3 is 0 Å². The second-order valence-electron chi connectivity index (χ2n) is 7.27. The van der Waals surface area contributed by atoms with E-state index in [0.717, 1.165) is 17.2 Å². The maximum absolute atomic E-state index is 11.6. The van der Waals surface area contributed by atoms with Gasteiger partial charge in [0.1, 0.15) is 11.9 Å². The van der Waals surface area contributed by atoms with E-state index in [9.17, 15) is 20.2 Å². The predicted octanol–water partition coefficient (Wildman–Crippen LogP) is 4.31. The van der Waals surface area contributed by atoms with Crippen molar-refractivity contribution in [3.8, 4) is 0 Å². The van der Waals surface area contributed by atoms with Crippen molar-refractivity contribution in [2.24, 2.45) is 0 Å². The second-order valence-corrected chi connectivity index (χ2v) is 7.27. The van der Waals surface area contributed by atoms with Crippen LogP contribution in [0.2, 0.25) is 0 Å². The lowest BCUT2D eigenvalue weighted by Gasteiger charge is -2.36. The molecule has 0 amide bonds. The summed E-state index contributed by atoms with van der Waals surface area (Å²) < 4.78 is 0. The van der Waals surface area contributed by atoms with Crippen molar-refractivity contribution < 1.29 is 14.7 Å². The third-order valence-corrected chi connectivity index (χ3v) is 4.10. The number of nitro benzene ring substituents is 2. The van der Waals surface area contributed by atoms with Gasteiger partial charge in [-0.05, 0) is 44.0 Å². The molecule has 1 unspecified atom stereocenters. The average Bonchev–Trinajstić information content (AvgIpc) is 2.64. The van der Waals surface area contributed by atoms with Crippen LogP contribution in [0, 0.1) is 20.2 Å². The third kappa shape index (κ3) is 4.00. The molecule has 2 aromatic rings. The van der Waals surface area contributed by atoms with Crippen LogP contribution in [-0.4, -0.2) is 15.4 Å². The van der Waals surface area contributed by atoms with Crippen LogP contribution in [0.1, 0.15) is 38.1 Å². The first-order valence-corrected chi connectivity index (χ1v) is 8.59. The highest BCUT2D eigenvalue weighted by atomic mass is 16.7. The zero-order valence-corrected chi connectivity index (χ0v) is 15.7. The summed E-state index contributed by atoms with van der Waals surface area (Å²) >= 11 is 0. The van der Waals surface area contributed by atoms with Crippen LogP contribution < -0.4 is 10.4 Å². The van der Waals surface area contributed by atoms with Gasteiger partial charge in [0, 0.05) is 12.3 Å². The quantitative estimate of drug-likeness (QED) is 0.604. The Morgan fingerprint density at radius 1 is 1.07 bits per heavy atom. The summed E-state index contributed by atoms with van der Waals surface area (Å²) in [6.07, 6.45) is 2.97. The number of fused-ring (bicyclic) bond motifs is 1. The van der Waals surface area contributed by atoms with Crippen molar-refractivity contribution in [3.05, 3.63) is 80.0 Å². The van der Waals surface area contributed by atoms with Gasteiger partial charge in [-0.15, -0.1) is 0 Å². The fourth-order valence-corrected chi connectivity index (χ4v) is 2.87. The standard InChI is InChI=1S/C19H20N4O5/c1-19(2,3)28-20-18-15-7-5-4-6-13(15)10-11-21(18)16-9-8-14(22(24)25)12-17(16)23(26)27/h4-12,18,20H,1-3H3. The monoisotopic (exact) mass is 384 g/mol. The molecule has 1 aliphatic heterocycles. The van der Waals surface area contributed by atoms with Crippen molar-refractivity contribution in [1.29, 1.82) is 0 Å². The van der Waals surface area contributed by atoms with Crippen molar-refractivity contribution in [1.82, 2.24) is 5.48 Å². The van der Waals surface area contributed by atoms with Gasteiger partial charge in [0.2, 0.25) is 0 Å². The van der Waals surface area contributed by atoms with Gasteiger partial charge in [-0.2, -0.15) is 5.48 Å². The molecule has 0 fully saturated rings. The first-order valence-electron chi connectivity index (χ1n) is 8.59. The topological polar surface area (TPSA) is 111 Å². The molecule has 0 radical (unpaired) electrons. The number of hydrogen-bond donors (Lipinski definition) is 1. The number of benzene rings is 2. The first kappa shape index (κ1) is 19.5. The minimum Gasteiger partial charge on any atom is -0.320 e. The number of non-ortho nitro benzene ring substituents is 1. The number of anilines is 1. The maximum Gasteiger partial charge on any atom is 0.299 e. The van der Waals surface area contributed by atoms with Crippen LogP contribution in [0.4, 0.5) is 17.1 Å². The molecule has 0 aliphatic carbocycles. The Morgan fingerprint density at radius 2 is 1.79 bits per heavy atom. The number of nitrogens with one attached hydrogen (secondary N) is 1. The Labute approximate surface area is 161 Å². The first-order chi connectivity index (χ1) is 13.2. The summed E-state index contributed by atoms with van der Waals surface area (Å²) in [5.41, 5.74) is 3.81. The van der Waals surface area contributed by atoms with Crippen LogP contribution in [-0.2, 0) is 4.84 Å². The van der Waals surface area contributed by atoms with Gasteiger partial charge in [0.25, 0.3) is 11.4 Å². The highest BCUT2D eigenvalue weighted by Crippen LogP contribution is 2.39. The maximum atomic E-state index is 11.6. The summed E-state index contributed by atoms with van der Waals surface area (Å²) in [5.74, 6) is 0. The van der Waals surface area contributed by atoms with E-state index < -0.39 is 21.6 Å². The van der Waals surface area contributed by atoms with E-state index in [0.29, 0.717) is 0 Å². The molecule has 9 heteroatoms. The Kier molecular flexibility index (Phi) is 5.12. The zero-order valence-electron chi connectivity index (χ0n) is 15.7. The van der Waals surface area contributed by atoms with E-state index in [1.54, 1.807) is 11.1 Å². The van der Waals surface area contributed by atoms with Crippen LogP contribution in [0.5, 0.6) is 0 Å². The molecule has 146 valence electrons. The largest absolute Gasteiger partial charge is 0.320 e. The molecule has 0 saturated carbocycles. The Bertz CT molecular complexity index is 952. The summed E-state index contributed by atoms with van der Waals surface area (Å²) in [6.45, 7) is 5.63. The fourth-order valence-electron chi connectivity index (χ4n) is 2.87. The predicted molar refractivity (Wildman–Crippen MR) is 104 cm³/mol. The molecular weight excluding hydrogens is 364 g/mol. The molecule has 0 bridgehead atoms. The van der Waals surface area contributed by atoms with E-state index in [1.165, 1.54) is 12.1 Å². The molecule has 1 N–H and O–H groups in total. The lowest BCUT2D eigenvalue weighted by Crippen LogP contribution is -2.41. The molecule has 28 heavy (non-hydrogen) atoms. The Hall–Kier alpha value is -3.30. The van der Waals surface area contributed by atoms with Crippen molar-refractivity contribution in [3.63, 3.8) is 0 Å². The molecule has 2 aromatic carbocycles. The molecule has 9 nitrogen and oxygen atoms in total. The summed E-state index contributed by atoms with van der Waals surface area (Å²) in [5, 5.41) is 22.6. The summed E-state index contributed by atoms with van der Waals surface area (Å²) in [6, 6.07) is 11.2. The van der Waals surface area contributed by atoms with Crippen LogP contribution in [0.15, 0.2) is 48.7 Å². The van der Waals surface area contributed by atoms with E-state index in [-0.39, 0.29) is 17.1 Å². The van der Waals surface area contributed by atoms with E-state index in [4.69, 9.17) is 4.84 Å². The van der Waals surface area contributed by atoms with Gasteiger partial charge in [-0.1, -0.05) is 24.3 Å². The lowest BCUT2D eigenvalue weighted by molar-refractivity contribution is -0.393. The van der Waals surface area contributed by atoms with Gasteiger partial charge < -0.3 is 4.90 Å². The SMILES string of the molecule is CC(C)(C)ONC1c2ccccc2C=CN1c1ccc([N+](=O)[O-])cc1[N+](=O)[O-]. The molecule has 3 rings (SSSR count). The smallest absolute Gasteiger partial charge is 0.299 e. The minimum atomic E-state index is -0.656. The van der Waals surface area contributed by atoms with E-state index in [2.05, 4.69) is 5.48 Å². The molecule has 0 aromatic heterocycles. The van der Waals surface area contributed by atoms with E-state index >= 15 is 0 Å². The molecule has 1 heterocycles. The molecule has 0 saturated heterocycles. The van der Waals surface area contributed by atoms with Crippen LogP contribution in [0.3, 0.4) is 0 Å². The van der Waals surface area contributed by atoms with Crippen LogP contribution in [0.25, 0.3) is 6.08 Å². The van der Waals surface area contributed by atoms with Gasteiger partial charge in [0.15, 0.2) is 0 Å². The normalized spacial score (nSPS) is 16.0. The fraction of sp³-hybridized carbons (Fsp3) is 0.263. The number of nitro groups is 2. The number of rotatable bonds is 5. The van der Waals surface area contributed by atoms with Gasteiger partial charge in [0.05, 0.1) is 21.5 Å². The Morgan fingerprint density at radius 3 is 2.43 bits per heavy atom. The number of nitrogens with zero attached hydrogens (tertiary/aromatic N) is 3. The van der Waals surface area contributed by atoms with Crippen molar-refractivity contribution >= 4 is 23.1 Å². The lowest BCUT2D eigenvalue weighted by atomic mass is 10.0. The van der Waals surface area contributed by atoms with Crippen LogP contribution >= 0.6 is 0 Å². The third-order valence-electron chi connectivity index (χ3n) is 4.10. The summed E-state index contributed by atoms with van der Waals surface area (Å²) in [4.78, 5) is 28.7. The minimum absolute atomic E-state index is 0.219. The highest BCUT2D eigenvalue weighted by molar-refractivity contribution is 5.73. The van der Waals surface area contributed by atoms with Crippen molar-refractivity contribution in [2.75, 3.05) is 4.90 Å². The van der Waals surface area contributed by atoms with E-state index in [1.807, 2.05) is 51.1 Å². The molecular formula is C19H20N4O5. The highest BCUT2D eigenvalue weighted by Gasteiger charge is 2.31. The van der Waals surface area contributed by atoms with Crippen molar-refractivity contribution in [2.45, 2.75) is 32.5 Å². The zero-order chi connectivity index (χ0) is 20.5. The molecule has 1 atom stereocenters. The summed E-state index contributed by atoms with van der Waals surface area (Å²) in [7, 11) is 0. The number of hydroxylamine groups is 1. The Balaban J connectivity index is 2.09. The number of hydrogen-bond acceptors (Lipinski definition) is 7. The van der Waals surface area contributed by atoms with Gasteiger partial charge in [-0.3, -0.25) is 25.1 Å². The molecule has 1 aliphatic rings. The molecule has 0 spiro atoms. The average molecular weight is 384 g/mol.